The van der Waals surface area contributed by atoms with Crippen LogP contribution in [0.2, 0.25) is 0 Å². The minimum absolute atomic E-state index is 0.791. The molecular weight excluding hydrogens is 338 g/mol. The highest BCUT2D eigenvalue weighted by Gasteiger charge is 2.11. The molecule has 0 aliphatic rings. The van der Waals surface area contributed by atoms with Crippen LogP contribution in [0.25, 0.3) is 10.3 Å². The Labute approximate surface area is 123 Å². The molecule has 0 radical (unpaired) electrons. The number of anilines is 1. The van der Waals surface area contributed by atoms with Gasteiger partial charge in [0.05, 0.1) is 13.7 Å². The molecule has 0 fully saturated rings. The van der Waals surface area contributed by atoms with Crippen molar-refractivity contribution >= 4 is 68.3 Å². The van der Waals surface area contributed by atoms with Crippen molar-refractivity contribution in [3.63, 3.8) is 0 Å². The molecule has 2 heterocycles. The monoisotopic (exact) mass is 349 g/mol. The standard InChI is InChI=1S/C11H12BrNOS3/c1-2-13(3-4-15)9-5-8(16)11-10(14-9)7(12)6-17-11/h5-6,15H,2-4H2,1H3. The van der Waals surface area contributed by atoms with Crippen molar-refractivity contribution in [2.24, 2.45) is 0 Å². The topological polar surface area (TPSA) is 16.4 Å². The lowest BCUT2D eigenvalue weighted by Gasteiger charge is -2.20. The molecule has 2 aromatic heterocycles. The number of hydrogen-bond acceptors (Lipinski definition) is 5. The molecule has 6 heteroatoms. The normalized spacial score (nSPS) is 11.0. The summed E-state index contributed by atoms with van der Waals surface area (Å²) < 4.78 is 8.74. The Hall–Kier alpha value is -0.0400. The summed E-state index contributed by atoms with van der Waals surface area (Å²) in [6.45, 7) is 3.83. The number of fused-ring (bicyclic) bond motifs is 1. The Kier molecular flexibility index (Phi) is 4.52. The third-order valence-corrected chi connectivity index (χ3v) is 4.99. The van der Waals surface area contributed by atoms with Crippen LogP contribution in [0.4, 0.5) is 5.88 Å². The molecule has 0 amide bonds. The van der Waals surface area contributed by atoms with E-state index in [1.165, 1.54) is 0 Å². The van der Waals surface area contributed by atoms with Crippen molar-refractivity contribution < 1.29 is 4.42 Å². The summed E-state index contributed by atoms with van der Waals surface area (Å²) >= 11 is 14.7. The third-order valence-electron chi connectivity index (χ3n) is 2.45. The van der Waals surface area contributed by atoms with E-state index in [4.69, 9.17) is 16.6 Å². The van der Waals surface area contributed by atoms with Crippen LogP contribution in [0.5, 0.6) is 0 Å². The zero-order valence-electron chi connectivity index (χ0n) is 9.27. The number of halogens is 1. The molecule has 0 unspecified atom stereocenters. The van der Waals surface area contributed by atoms with Crippen molar-refractivity contribution in [1.82, 2.24) is 0 Å². The average Bonchev–Trinajstić information content (AvgIpc) is 2.69. The van der Waals surface area contributed by atoms with Crippen molar-refractivity contribution in [1.29, 1.82) is 0 Å². The molecule has 0 saturated carbocycles. The molecule has 0 saturated heterocycles. The molecule has 0 aromatic carbocycles. The Balaban J connectivity index is 2.55. The second kappa shape index (κ2) is 5.73. The summed E-state index contributed by atoms with van der Waals surface area (Å²) in [4.78, 5) is 2.13. The fourth-order valence-corrected chi connectivity index (χ4v) is 3.64. The maximum Gasteiger partial charge on any atom is 0.197 e. The van der Waals surface area contributed by atoms with E-state index in [0.29, 0.717) is 0 Å². The van der Waals surface area contributed by atoms with Crippen LogP contribution in [0.3, 0.4) is 0 Å². The zero-order chi connectivity index (χ0) is 12.4. The zero-order valence-corrected chi connectivity index (χ0v) is 13.4. The van der Waals surface area contributed by atoms with E-state index in [-0.39, 0.29) is 0 Å². The quantitative estimate of drug-likeness (QED) is 0.634. The minimum Gasteiger partial charge on any atom is -0.438 e. The molecule has 0 spiro atoms. The van der Waals surface area contributed by atoms with Crippen molar-refractivity contribution in [3.05, 3.63) is 20.4 Å². The lowest BCUT2D eigenvalue weighted by Crippen LogP contribution is -2.24. The van der Waals surface area contributed by atoms with E-state index in [0.717, 1.165) is 44.0 Å². The molecule has 2 aromatic rings. The maximum atomic E-state index is 5.91. The number of hydrogen-bond donors (Lipinski definition) is 1. The molecule has 17 heavy (non-hydrogen) atoms. The summed E-state index contributed by atoms with van der Waals surface area (Å²) in [5.74, 6) is 1.61. The van der Waals surface area contributed by atoms with Crippen LogP contribution in [0.1, 0.15) is 6.92 Å². The fourth-order valence-electron chi connectivity index (χ4n) is 1.60. The van der Waals surface area contributed by atoms with Crippen LogP contribution in [-0.4, -0.2) is 18.8 Å². The Morgan fingerprint density at radius 1 is 1.59 bits per heavy atom. The predicted octanol–water partition coefficient (Wildman–Crippen LogP) is 4.74. The lowest BCUT2D eigenvalue weighted by molar-refractivity contribution is 0.579. The first-order valence-corrected chi connectivity index (χ1v) is 7.95. The Morgan fingerprint density at radius 3 is 3.00 bits per heavy atom. The van der Waals surface area contributed by atoms with E-state index < -0.39 is 0 Å². The summed E-state index contributed by atoms with van der Waals surface area (Å²) in [5.41, 5.74) is 0.843. The third kappa shape index (κ3) is 2.70. The Bertz CT molecular complexity index is 578. The molecule has 92 valence electrons. The molecule has 2 nitrogen and oxygen atoms in total. The van der Waals surface area contributed by atoms with E-state index in [9.17, 15) is 0 Å². The van der Waals surface area contributed by atoms with Crippen LogP contribution >= 0.6 is 52.1 Å². The first kappa shape index (κ1) is 13.4. The van der Waals surface area contributed by atoms with Crippen LogP contribution in [0.15, 0.2) is 20.3 Å². The maximum absolute atomic E-state index is 5.91. The van der Waals surface area contributed by atoms with Gasteiger partial charge in [0.2, 0.25) is 0 Å². The van der Waals surface area contributed by atoms with Gasteiger partial charge < -0.3 is 9.32 Å². The highest BCUT2D eigenvalue weighted by Crippen LogP contribution is 2.34. The van der Waals surface area contributed by atoms with Gasteiger partial charge in [-0.1, -0.05) is 12.2 Å². The number of thiophene rings is 1. The number of rotatable bonds is 4. The van der Waals surface area contributed by atoms with Gasteiger partial charge in [0, 0.05) is 30.3 Å². The SMILES string of the molecule is CCN(CCS)c1cc(=S)c2scc(Br)c2o1. The molecule has 0 atom stereocenters. The molecule has 0 aliphatic carbocycles. The van der Waals surface area contributed by atoms with Gasteiger partial charge >= 0.3 is 0 Å². The van der Waals surface area contributed by atoms with Gasteiger partial charge in [-0.15, -0.1) is 11.3 Å². The summed E-state index contributed by atoms with van der Waals surface area (Å²) in [6.07, 6.45) is 0. The number of nitrogens with zero attached hydrogens (tertiary/aromatic N) is 1. The average molecular weight is 350 g/mol. The van der Waals surface area contributed by atoms with Gasteiger partial charge in [-0.2, -0.15) is 12.6 Å². The van der Waals surface area contributed by atoms with E-state index in [2.05, 4.69) is 40.4 Å². The van der Waals surface area contributed by atoms with Gasteiger partial charge in [0.25, 0.3) is 0 Å². The second-order valence-electron chi connectivity index (χ2n) is 3.49. The summed E-state index contributed by atoms with van der Waals surface area (Å²) in [7, 11) is 0. The van der Waals surface area contributed by atoms with Crippen LogP contribution in [-0.2, 0) is 0 Å². The van der Waals surface area contributed by atoms with E-state index >= 15 is 0 Å². The fraction of sp³-hybridized carbons (Fsp3) is 0.364. The molecular formula is C11H12BrNOS3. The molecule has 2 rings (SSSR count). The van der Waals surface area contributed by atoms with Gasteiger partial charge in [-0.05, 0) is 22.9 Å². The van der Waals surface area contributed by atoms with Gasteiger partial charge in [-0.3, -0.25) is 0 Å². The van der Waals surface area contributed by atoms with E-state index in [1.54, 1.807) is 11.3 Å². The first-order chi connectivity index (χ1) is 8.17. The van der Waals surface area contributed by atoms with Gasteiger partial charge in [0.1, 0.15) is 0 Å². The Morgan fingerprint density at radius 2 is 2.35 bits per heavy atom. The highest BCUT2D eigenvalue weighted by atomic mass is 79.9. The van der Waals surface area contributed by atoms with Crippen molar-refractivity contribution in [3.8, 4) is 0 Å². The molecule has 0 N–H and O–H groups in total. The second-order valence-corrected chi connectivity index (χ2v) is 6.12. The van der Waals surface area contributed by atoms with Crippen molar-refractivity contribution in [2.45, 2.75) is 6.92 Å². The number of thiol groups is 1. The van der Waals surface area contributed by atoms with Gasteiger partial charge in [0.15, 0.2) is 11.5 Å². The smallest absolute Gasteiger partial charge is 0.197 e. The van der Waals surface area contributed by atoms with Gasteiger partial charge in [-0.25, -0.2) is 0 Å². The highest BCUT2D eigenvalue weighted by molar-refractivity contribution is 9.10. The largest absolute Gasteiger partial charge is 0.438 e. The summed E-state index contributed by atoms with van der Waals surface area (Å²) in [5, 5.41) is 2.00. The summed E-state index contributed by atoms with van der Waals surface area (Å²) in [6, 6.07) is 1.92. The lowest BCUT2D eigenvalue weighted by atomic mass is 10.4. The first-order valence-electron chi connectivity index (χ1n) is 5.24. The molecule has 0 bridgehead atoms. The molecule has 0 aliphatic heterocycles. The van der Waals surface area contributed by atoms with Crippen molar-refractivity contribution in [2.75, 3.05) is 23.7 Å². The van der Waals surface area contributed by atoms with Crippen LogP contribution in [0, 0.1) is 4.51 Å². The predicted molar refractivity (Wildman–Crippen MR) is 84.4 cm³/mol. The minimum atomic E-state index is 0.791. The van der Waals surface area contributed by atoms with E-state index in [1.807, 2.05) is 11.4 Å². The van der Waals surface area contributed by atoms with Crippen LogP contribution < -0.4 is 4.90 Å².